The van der Waals surface area contributed by atoms with Gasteiger partial charge in [0.2, 0.25) is 0 Å². The van der Waals surface area contributed by atoms with E-state index < -0.39 is 6.10 Å². The summed E-state index contributed by atoms with van der Waals surface area (Å²) in [7, 11) is 0. The van der Waals surface area contributed by atoms with Crippen LogP contribution in [0.1, 0.15) is 24.4 Å². The maximum Gasteiger partial charge on any atom is 0.134 e. The van der Waals surface area contributed by atoms with Crippen molar-refractivity contribution in [2.75, 3.05) is 11.4 Å². The number of hydrogen-bond donors (Lipinski definition) is 1. The van der Waals surface area contributed by atoms with Gasteiger partial charge >= 0.3 is 0 Å². The molecule has 0 spiro atoms. The van der Waals surface area contributed by atoms with Crippen molar-refractivity contribution in [1.29, 1.82) is 0 Å². The van der Waals surface area contributed by atoms with Crippen LogP contribution in [0, 0.1) is 0 Å². The fraction of sp³-hybridized carbons (Fsp3) is 0.385. The average molecular weight is 244 g/mol. The molecule has 1 N–H and O–H groups in total. The highest BCUT2D eigenvalue weighted by Gasteiger charge is 2.21. The van der Waals surface area contributed by atoms with Crippen LogP contribution in [-0.4, -0.2) is 26.2 Å². The molecule has 1 aliphatic heterocycles. The Kier molecular flexibility index (Phi) is 2.76. The van der Waals surface area contributed by atoms with Gasteiger partial charge in [0.25, 0.3) is 0 Å². The molecule has 0 aromatic carbocycles. The van der Waals surface area contributed by atoms with Gasteiger partial charge in [-0.25, -0.2) is 9.97 Å². The molecule has 5 nitrogen and oxygen atoms in total. The number of rotatable bonds is 2. The molecule has 18 heavy (non-hydrogen) atoms. The van der Waals surface area contributed by atoms with E-state index in [1.54, 1.807) is 13.1 Å². The van der Waals surface area contributed by atoms with Crippen molar-refractivity contribution < 1.29 is 5.11 Å². The van der Waals surface area contributed by atoms with Crippen molar-refractivity contribution in [2.45, 2.75) is 26.1 Å². The van der Waals surface area contributed by atoms with E-state index in [-0.39, 0.29) is 0 Å². The first-order chi connectivity index (χ1) is 8.75. The van der Waals surface area contributed by atoms with Gasteiger partial charge in [-0.05, 0) is 13.0 Å². The molecule has 0 amide bonds. The molecule has 2 aromatic heterocycles. The summed E-state index contributed by atoms with van der Waals surface area (Å²) >= 11 is 0. The van der Waals surface area contributed by atoms with Gasteiger partial charge in [-0.1, -0.05) is 6.07 Å². The fourth-order valence-corrected chi connectivity index (χ4v) is 2.35. The lowest BCUT2D eigenvalue weighted by Gasteiger charge is -2.30. The van der Waals surface area contributed by atoms with Crippen LogP contribution in [0.2, 0.25) is 0 Å². The summed E-state index contributed by atoms with van der Waals surface area (Å²) in [6.07, 6.45) is 5.09. The first-order valence-electron chi connectivity index (χ1n) is 6.13. The summed E-state index contributed by atoms with van der Waals surface area (Å²) in [4.78, 5) is 10.9. The van der Waals surface area contributed by atoms with Crippen LogP contribution in [0.3, 0.4) is 0 Å². The Labute approximate surface area is 106 Å². The molecule has 0 saturated carbocycles. The van der Waals surface area contributed by atoms with Crippen LogP contribution < -0.4 is 4.90 Å². The molecule has 0 saturated heterocycles. The van der Waals surface area contributed by atoms with Crippen LogP contribution in [-0.2, 0) is 13.1 Å². The maximum atomic E-state index is 9.80. The summed E-state index contributed by atoms with van der Waals surface area (Å²) in [5, 5.41) is 9.80. The van der Waals surface area contributed by atoms with Crippen molar-refractivity contribution in [1.82, 2.24) is 14.5 Å². The molecule has 0 radical (unpaired) electrons. The Morgan fingerprint density at radius 3 is 3.00 bits per heavy atom. The Bertz CT molecular complexity index is 549. The third-order valence-electron chi connectivity index (χ3n) is 3.31. The van der Waals surface area contributed by atoms with Gasteiger partial charge in [-0.3, -0.25) is 0 Å². The maximum absolute atomic E-state index is 9.80. The zero-order chi connectivity index (χ0) is 12.5. The van der Waals surface area contributed by atoms with Crippen LogP contribution in [0.4, 0.5) is 5.82 Å². The number of imidazole rings is 1. The topological polar surface area (TPSA) is 54.2 Å². The molecule has 5 heteroatoms. The summed E-state index contributed by atoms with van der Waals surface area (Å²) in [6.45, 7) is 4.31. The second kappa shape index (κ2) is 4.42. The molecule has 0 bridgehead atoms. The van der Waals surface area contributed by atoms with E-state index in [1.165, 1.54) is 0 Å². The second-order valence-electron chi connectivity index (χ2n) is 4.55. The van der Waals surface area contributed by atoms with E-state index >= 15 is 0 Å². The summed E-state index contributed by atoms with van der Waals surface area (Å²) in [5.41, 5.74) is 0.873. The quantitative estimate of drug-likeness (QED) is 0.866. The van der Waals surface area contributed by atoms with Crippen molar-refractivity contribution in [3.05, 3.63) is 42.1 Å². The first-order valence-corrected chi connectivity index (χ1v) is 6.13. The molecule has 3 heterocycles. The van der Waals surface area contributed by atoms with Gasteiger partial charge in [0, 0.05) is 37.2 Å². The SMILES string of the molecule is CC(O)c1cccnc1N1CCn2ccnc2C1. The number of pyridine rings is 1. The normalized spacial score (nSPS) is 16.4. The van der Waals surface area contributed by atoms with Crippen LogP contribution >= 0.6 is 0 Å². The number of hydrogen-bond acceptors (Lipinski definition) is 4. The number of fused-ring (bicyclic) bond motifs is 1. The van der Waals surface area contributed by atoms with E-state index in [2.05, 4.69) is 19.4 Å². The molecule has 2 aromatic rings. The van der Waals surface area contributed by atoms with Crippen molar-refractivity contribution >= 4 is 5.82 Å². The highest BCUT2D eigenvalue weighted by molar-refractivity contribution is 5.48. The number of nitrogens with zero attached hydrogens (tertiary/aromatic N) is 4. The lowest BCUT2D eigenvalue weighted by Crippen LogP contribution is -2.35. The fourth-order valence-electron chi connectivity index (χ4n) is 2.35. The monoisotopic (exact) mass is 244 g/mol. The summed E-state index contributed by atoms with van der Waals surface area (Å²) < 4.78 is 2.15. The molecular formula is C13H16N4O. The van der Waals surface area contributed by atoms with Gasteiger partial charge in [-0.2, -0.15) is 0 Å². The van der Waals surface area contributed by atoms with Gasteiger partial charge in [0.1, 0.15) is 11.6 Å². The van der Waals surface area contributed by atoms with E-state index in [4.69, 9.17) is 0 Å². The van der Waals surface area contributed by atoms with Crippen molar-refractivity contribution in [3.63, 3.8) is 0 Å². The minimum Gasteiger partial charge on any atom is -0.389 e. The van der Waals surface area contributed by atoms with Crippen LogP contribution in [0.25, 0.3) is 0 Å². The molecule has 0 aliphatic carbocycles. The van der Waals surface area contributed by atoms with Gasteiger partial charge in [0.15, 0.2) is 0 Å². The molecule has 1 atom stereocenters. The van der Waals surface area contributed by atoms with Crippen molar-refractivity contribution in [3.8, 4) is 0 Å². The minimum absolute atomic E-state index is 0.504. The van der Waals surface area contributed by atoms with E-state index in [9.17, 15) is 5.11 Å². The van der Waals surface area contributed by atoms with Crippen molar-refractivity contribution in [2.24, 2.45) is 0 Å². The number of aliphatic hydroxyl groups is 1. The predicted molar refractivity (Wildman–Crippen MR) is 68.1 cm³/mol. The van der Waals surface area contributed by atoms with E-state index in [0.29, 0.717) is 0 Å². The Balaban J connectivity index is 1.93. The highest BCUT2D eigenvalue weighted by atomic mass is 16.3. The Hall–Kier alpha value is -1.88. The first kappa shape index (κ1) is 11.2. The summed E-state index contributed by atoms with van der Waals surface area (Å²) in [5.74, 6) is 1.91. The average Bonchev–Trinajstić information content (AvgIpc) is 2.85. The Morgan fingerprint density at radius 1 is 1.28 bits per heavy atom. The second-order valence-corrected chi connectivity index (χ2v) is 4.55. The Morgan fingerprint density at radius 2 is 2.17 bits per heavy atom. The predicted octanol–water partition coefficient (Wildman–Crippen LogP) is 1.35. The van der Waals surface area contributed by atoms with Gasteiger partial charge < -0.3 is 14.6 Å². The molecule has 1 aliphatic rings. The standard InChI is InChI=1S/C13H16N4O/c1-10(18)11-3-2-4-15-13(11)17-8-7-16-6-5-14-12(16)9-17/h2-6,10,18H,7-9H2,1H3. The third kappa shape index (κ3) is 1.86. The van der Waals surface area contributed by atoms with E-state index in [0.717, 1.165) is 36.8 Å². The largest absolute Gasteiger partial charge is 0.389 e. The lowest BCUT2D eigenvalue weighted by atomic mass is 10.1. The van der Waals surface area contributed by atoms with Crippen LogP contribution in [0.15, 0.2) is 30.7 Å². The number of aromatic nitrogens is 3. The summed E-state index contributed by atoms with van der Waals surface area (Å²) in [6, 6.07) is 3.78. The van der Waals surface area contributed by atoms with E-state index in [1.807, 2.05) is 24.5 Å². The zero-order valence-electron chi connectivity index (χ0n) is 10.3. The van der Waals surface area contributed by atoms with Crippen LogP contribution in [0.5, 0.6) is 0 Å². The van der Waals surface area contributed by atoms with Gasteiger partial charge in [0.05, 0.1) is 12.6 Å². The minimum atomic E-state index is -0.504. The molecule has 0 fully saturated rings. The molecular weight excluding hydrogens is 228 g/mol. The number of anilines is 1. The highest BCUT2D eigenvalue weighted by Crippen LogP contribution is 2.26. The molecule has 1 unspecified atom stereocenters. The van der Waals surface area contributed by atoms with Gasteiger partial charge in [-0.15, -0.1) is 0 Å². The molecule has 94 valence electrons. The smallest absolute Gasteiger partial charge is 0.134 e. The zero-order valence-corrected chi connectivity index (χ0v) is 10.3. The third-order valence-corrected chi connectivity index (χ3v) is 3.31. The molecule has 3 rings (SSSR count). The number of aliphatic hydroxyl groups excluding tert-OH is 1. The lowest BCUT2D eigenvalue weighted by molar-refractivity contribution is 0.199.